The molecule has 1 aliphatic carbocycles. The summed E-state index contributed by atoms with van der Waals surface area (Å²) in [6.07, 6.45) is 3.46. The van der Waals surface area contributed by atoms with Gasteiger partial charge in [0.2, 0.25) is 0 Å². The third-order valence-electron chi connectivity index (χ3n) is 7.82. The number of hydrogen-bond acceptors (Lipinski definition) is 4. The Kier molecular flexibility index (Phi) is 6.84. The van der Waals surface area contributed by atoms with Crippen LogP contribution in [0.2, 0.25) is 0 Å². The molecule has 1 aliphatic heterocycles. The molecular formula is C27H35N3O4. The van der Waals surface area contributed by atoms with Gasteiger partial charge in [-0.05, 0) is 63.0 Å². The number of amides is 2. The normalized spacial score (nSPS) is 24.8. The van der Waals surface area contributed by atoms with Crippen LogP contribution < -0.4 is 4.74 Å². The Balaban J connectivity index is 1.58. The minimum absolute atomic E-state index is 0.0403. The van der Waals surface area contributed by atoms with Crippen molar-refractivity contribution in [1.82, 2.24) is 14.7 Å². The second-order valence-electron chi connectivity index (χ2n) is 9.80. The Morgan fingerprint density at radius 3 is 2.24 bits per heavy atom. The largest absolute Gasteiger partial charge is 0.497 e. The van der Waals surface area contributed by atoms with Crippen LogP contribution in [0.25, 0.3) is 0 Å². The molecule has 7 nitrogen and oxygen atoms in total. The van der Waals surface area contributed by atoms with Crippen molar-refractivity contribution in [3.8, 4) is 5.75 Å². The third kappa shape index (κ3) is 4.49. The van der Waals surface area contributed by atoms with Crippen LogP contribution in [-0.4, -0.2) is 71.6 Å². The van der Waals surface area contributed by atoms with E-state index >= 15 is 0 Å². The van der Waals surface area contributed by atoms with E-state index in [1.165, 1.54) is 5.56 Å². The van der Waals surface area contributed by atoms with Gasteiger partial charge in [0.15, 0.2) is 0 Å². The lowest BCUT2D eigenvalue weighted by atomic mass is 9.68. The number of urea groups is 1. The van der Waals surface area contributed by atoms with Crippen molar-refractivity contribution in [2.24, 2.45) is 0 Å². The number of methoxy groups -OCH3 is 1. The Morgan fingerprint density at radius 1 is 1.03 bits per heavy atom. The number of rotatable bonds is 8. The molecule has 1 saturated carbocycles. The zero-order chi connectivity index (χ0) is 24.3. The Hall–Kier alpha value is -3.06. The van der Waals surface area contributed by atoms with E-state index in [2.05, 4.69) is 43.3 Å². The first-order valence-corrected chi connectivity index (χ1v) is 11.9. The second kappa shape index (κ2) is 9.66. The van der Waals surface area contributed by atoms with Gasteiger partial charge in [0.1, 0.15) is 5.75 Å². The molecule has 0 unspecified atom stereocenters. The van der Waals surface area contributed by atoms with E-state index in [-0.39, 0.29) is 30.1 Å². The Bertz CT molecular complexity index is 998. The summed E-state index contributed by atoms with van der Waals surface area (Å²) in [5, 5.41) is 9.33. The molecule has 34 heavy (non-hydrogen) atoms. The second-order valence-corrected chi connectivity index (χ2v) is 9.80. The van der Waals surface area contributed by atoms with Crippen LogP contribution in [-0.2, 0) is 16.9 Å². The summed E-state index contributed by atoms with van der Waals surface area (Å²) in [5.41, 5.74) is 1.91. The van der Waals surface area contributed by atoms with Crippen LogP contribution in [0.3, 0.4) is 0 Å². The topological polar surface area (TPSA) is 73.3 Å². The highest BCUT2D eigenvalue weighted by atomic mass is 16.5. The molecule has 2 amide bonds. The lowest BCUT2D eigenvalue weighted by Crippen LogP contribution is -2.55. The maximum Gasteiger partial charge on any atom is 0.320 e. The fourth-order valence-electron chi connectivity index (χ4n) is 5.80. The molecule has 1 spiro atoms. The van der Waals surface area contributed by atoms with Crippen molar-refractivity contribution < 1.29 is 19.4 Å². The molecule has 2 fully saturated rings. The minimum Gasteiger partial charge on any atom is -0.497 e. The standard InChI is InChI=1S/C27H35N3O4/c1-28(2)27(22-7-5-4-6-8-22)16-14-26(15-17-27)20-29(25(33)30(26)18-13-24(31)32)19-21-9-11-23(34-3)12-10-21/h4-12H,13-20H2,1-3H3,(H,31,32). The molecule has 1 saturated heterocycles. The van der Waals surface area contributed by atoms with Gasteiger partial charge < -0.3 is 19.6 Å². The van der Waals surface area contributed by atoms with E-state index in [0.717, 1.165) is 37.0 Å². The number of carbonyl (C=O) groups excluding carboxylic acids is 1. The van der Waals surface area contributed by atoms with Gasteiger partial charge in [0.25, 0.3) is 0 Å². The molecule has 1 heterocycles. The lowest BCUT2D eigenvalue weighted by molar-refractivity contribution is -0.137. The van der Waals surface area contributed by atoms with E-state index in [9.17, 15) is 14.7 Å². The van der Waals surface area contributed by atoms with E-state index in [0.29, 0.717) is 13.1 Å². The predicted octanol–water partition coefficient (Wildman–Crippen LogP) is 4.18. The molecular weight excluding hydrogens is 430 g/mol. The van der Waals surface area contributed by atoms with Crippen LogP contribution >= 0.6 is 0 Å². The van der Waals surface area contributed by atoms with Crippen molar-refractivity contribution >= 4 is 12.0 Å². The van der Waals surface area contributed by atoms with E-state index < -0.39 is 5.97 Å². The zero-order valence-corrected chi connectivity index (χ0v) is 20.4. The first kappa shape index (κ1) is 24.1. The molecule has 0 radical (unpaired) electrons. The molecule has 0 atom stereocenters. The zero-order valence-electron chi connectivity index (χ0n) is 20.4. The van der Waals surface area contributed by atoms with Gasteiger partial charge in [-0.25, -0.2) is 4.79 Å². The summed E-state index contributed by atoms with van der Waals surface area (Å²) in [6.45, 7) is 1.37. The summed E-state index contributed by atoms with van der Waals surface area (Å²) in [4.78, 5) is 30.9. The molecule has 2 aromatic rings. The number of hydrogen-bond donors (Lipinski definition) is 1. The lowest BCUT2D eigenvalue weighted by Gasteiger charge is -2.51. The predicted molar refractivity (Wildman–Crippen MR) is 131 cm³/mol. The first-order chi connectivity index (χ1) is 16.3. The van der Waals surface area contributed by atoms with Gasteiger partial charge >= 0.3 is 12.0 Å². The summed E-state index contributed by atoms with van der Waals surface area (Å²) < 4.78 is 5.25. The number of nitrogens with zero attached hydrogens (tertiary/aromatic N) is 3. The van der Waals surface area contributed by atoms with Crippen LogP contribution in [0, 0.1) is 0 Å². The average molecular weight is 466 g/mol. The molecule has 0 bridgehead atoms. The van der Waals surface area contributed by atoms with Gasteiger partial charge in [-0.15, -0.1) is 0 Å². The van der Waals surface area contributed by atoms with Gasteiger partial charge in [-0.2, -0.15) is 0 Å². The number of carboxylic acid groups (broad SMARTS) is 1. The number of benzene rings is 2. The summed E-state index contributed by atoms with van der Waals surface area (Å²) in [6, 6.07) is 18.3. The monoisotopic (exact) mass is 465 g/mol. The van der Waals surface area contributed by atoms with E-state index in [1.54, 1.807) is 7.11 Å². The summed E-state index contributed by atoms with van der Waals surface area (Å²) >= 11 is 0. The third-order valence-corrected chi connectivity index (χ3v) is 7.82. The van der Waals surface area contributed by atoms with Crippen LogP contribution in [0.4, 0.5) is 4.79 Å². The number of ether oxygens (including phenoxy) is 1. The maximum atomic E-state index is 13.5. The highest BCUT2D eigenvalue weighted by Crippen LogP contribution is 2.49. The maximum absolute atomic E-state index is 13.5. The molecule has 1 N–H and O–H groups in total. The van der Waals surface area contributed by atoms with E-state index in [4.69, 9.17) is 4.74 Å². The van der Waals surface area contributed by atoms with Crippen LogP contribution in [0.1, 0.15) is 43.2 Å². The number of aliphatic carboxylic acids is 1. The SMILES string of the molecule is COc1ccc(CN2CC3(CCC(c4ccccc4)(N(C)C)CC3)N(CCC(=O)O)C2=O)cc1. The Morgan fingerprint density at radius 2 is 1.68 bits per heavy atom. The van der Waals surface area contributed by atoms with Crippen molar-refractivity contribution in [1.29, 1.82) is 0 Å². The molecule has 2 aromatic carbocycles. The van der Waals surface area contributed by atoms with Crippen molar-refractivity contribution in [3.63, 3.8) is 0 Å². The van der Waals surface area contributed by atoms with Crippen LogP contribution in [0.5, 0.6) is 5.75 Å². The van der Waals surface area contributed by atoms with Gasteiger partial charge in [0.05, 0.1) is 19.1 Å². The molecule has 182 valence electrons. The Labute approximate surface area is 201 Å². The fraction of sp³-hybridized carbons (Fsp3) is 0.481. The molecule has 2 aliphatic rings. The number of carboxylic acids is 1. The van der Waals surface area contributed by atoms with Gasteiger partial charge in [0, 0.05) is 25.2 Å². The number of carbonyl (C=O) groups is 2. The van der Waals surface area contributed by atoms with Crippen molar-refractivity contribution in [2.75, 3.05) is 34.3 Å². The van der Waals surface area contributed by atoms with Crippen molar-refractivity contribution in [2.45, 2.75) is 49.7 Å². The summed E-state index contributed by atoms with van der Waals surface area (Å²) in [7, 11) is 5.89. The summed E-state index contributed by atoms with van der Waals surface area (Å²) in [5.74, 6) is -0.0939. The molecule has 0 aromatic heterocycles. The van der Waals surface area contributed by atoms with E-state index in [1.807, 2.05) is 40.1 Å². The molecule has 7 heteroatoms. The van der Waals surface area contributed by atoms with Crippen LogP contribution in [0.15, 0.2) is 54.6 Å². The van der Waals surface area contributed by atoms with Gasteiger partial charge in [-0.3, -0.25) is 9.69 Å². The van der Waals surface area contributed by atoms with Crippen molar-refractivity contribution in [3.05, 3.63) is 65.7 Å². The smallest absolute Gasteiger partial charge is 0.320 e. The fourth-order valence-corrected chi connectivity index (χ4v) is 5.80. The highest BCUT2D eigenvalue weighted by Gasteiger charge is 2.54. The quantitative estimate of drug-likeness (QED) is 0.633. The highest BCUT2D eigenvalue weighted by molar-refractivity contribution is 5.79. The van der Waals surface area contributed by atoms with Gasteiger partial charge in [-0.1, -0.05) is 42.5 Å². The average Bonchev–Trinajstić information content (AvgIpc) is 3.09. The minimum atomic E-state index is -0.876. The molecule has 4 rings (SSSR count). The first-order valence-electron chi connectivity index (χ1n) is 11.9.